The van der Waals surface area contributed by atoms with E-state index in [2.05, 4.69) is 13.5 Å². The van der Waals surface area contributed by atoms with Crippen molar-refractivity contribution in [2.75, 3.05) is 6.61 Å². The number of carbonyl (C=O) groups is 1. The van der Waals surface area contributed by atoms with E-state index in [0.29, 0.717) is 12.4 Å². The molecule has 0 bridgehead atoms. The molecule has 0 aliphatic heterocycles. The lowest BCUT2D eigenvalue weighted by Gasteiger charge is -2.06. The summed E-state index contributed by atoms with van der Waals surface area (Å²) in [5.41, 5.74) is 0.0258. The van der Waals surface area contributed by atoms with E-state index in [1.54, 1.807) is 6.07 Å². The first-order valence-corrected chi connectivity index (χ1v) is 5.28. The second kappa shape index (κ2) is 6.05. The molecule has 1 aromatic rings. The number of halogens is 1. The van der Waals surface area contributed by atoms with Crippen LogP contribution in [0.25, 0.3) is 0 Å². The van der Waals surface area contributed by atoms with E-state index in [1.165, 1.54) is 12.1 Å². The molecule has 0 heterocycles. The maximum Gasteiger partial charge on any atom is 0.188 e. The summed E-state index contributed by atoms with van der Waals surface area (Å²) in [4.78, 5) is 11.2. The van der Waals surface area contributed by atoms with Crippen molar-refractivity contribution in [2.24, 2.45) is 0 Å². The van der Waals surface area contributed by atoms with Crippen LogP contribution in [0.1, 0.15) is 30.1 Å². The van der Waals surface area contributed by atoms with Crippen LogP contribution >= 0.6 is 0 Å². The molecular formula is C13H15FO2. The number of ether oxygens (including phenoxy) is 1. The zero-order valence-corrected chi connectivity index (χ0v) is 9.33. The minimum atomic E-state index is -0.570. The van der Waals surface area contributed by atoms with E-state index in [9.17, 15) is 9.18 Å². The number of hydrogen-bond donors (Lipinski definition) is 0. The van der Waals surface area contributed by atoms with Crippen LogP contribution in [0, 0.1) is 5.82 Å². The highest BCUT2D eigenvalue weighted by molar-refractivity contribution is 6.04. The van der Waals surface area contributed by atoms with Crippen LogP contribution in [-0.2, 0) is 0 Å². The molecule has 0 fully saturated rings. The second-order valence-corrected chi connectivity index (χ2v) is 3.41. The monoisotopic (exact) mass is 222 g/mol. The number of carbonyl (C=O) groups excluding carboxylic acids is 1. The SMILES string of the molecule is C=CC(=O)c1ccc(OCCCC)cc1F. The van der Waals surface area contributed by atoms with Crippen molar-refractivity contribution in [3.63, 3.8) is 0 Å². The quantitative estimate of drug-likeness (QED) is 0.419. The van der Waals surface area contributed by atoms with Gasteiger partial charge in [0.05, 0.1) is 12.2 Å². The molecule has 0 aliphatic carbocycles. The number of allylic oxidation sites excluding steroid dienone is 1. The first kappa shape index (κ1) is 12.4. The average molecular weight is 222 g/mol. The predicted octanol–water partition coefficient (Wildman–Crippen LogP) is 3.37. The molecule has 0 aliphatic rings. The lowest BCUT2D eigenvalue weighted by molar-refractivity contribution is 0.104. The Morgan fingerprint density at radius 2 is 2.31 bits per heavy atom. The van der Waals surface area contributed by atoms with Crippen molar-refractivity contribution in [2.45, 2.75) is 19.8 Å². The Morgan fingerprint density at radius 3 is 2.88 bits per heavy atom. The molecule has 1 rings (SSSR count). The van der Waals surface area contributed by atoms with Gasteiger partial charge in [0.15, 0.2) is 5.78 Å². The van der Waals surface area contributed by atoms with E-state index in [-0.39, 0.29) is 5.56 Å². The molecule has 1 aromatic carbocycles. The van der Waals surface area contributed by atoms with Gasteiger partial charge in [0.25, 0.3) is 0 Å². The van der Waals surface area contributed by atoms with Gasteiger partial charge >= 0.3 is 0 Å². The predicted molar refractivity (Wildman–Crippen MR) is 61.3 cm³/mol. The average Bonchev–Trinajstić information content (AvgIpc) is 2.29. The normalized spacial score (nSPS) is 9.88. The number of unbranched alkanes of at least 4 members (excludes halogenated alkanes) is 1. The molecule has 0 aromatic heterocycles. The molecule has 0 N–H and O–H groups in total. The van der Waals surface area contributed by atoms with Gasteiger partial charge in [-0.1, -0.05) is 19.9 Å². The van der Waals surface area contributed by atoms with Gasteiger partial charge in [-0.15, -0.1) is 0 Å². The third-order valence-electron chi connectivity index (χ3n) is 2.16. The van der Waals surface area contributed by atoms with Crippen LogP contribution in [0.4, 0.5) is 4.39 Å². The summed E-state index contributed by atoms with van der Waals surface area (Å²) in [7, 11) is 0. The fourth-order valence-corrected chi connectivity index (χ4v) is 1.23. The van der Waals surface area contributed by atoms with Gasteiger partial charge in [-0.25, -0.2) is 4.39 Å². The van der Waals surface area contributed by atoms with Gasteiger partial charge < -0.3 is 4.74 Å². The standard InChI is InChI=1S/C13H15FO2/c1-3-5-8-16-10-6-7-11(12(14)9-10)13(15)4-2/h4,6-7,9H,2-3,5,8H2,1H3. The highest BCUT2D eigenvalue weighted by Gasteiger charge is 2.09. The third-order valence-corrected chi connectivity index (χ3v) is 2.16. The van der Waals surface area contributed by atoms with Crippen molar-refractivity contribution in [1.82, 2.24) is 0 Å². The number of rotatable bonds is 6. The summed E-state index contributed by atoms with van der Waals surface area (Å²) in [6.07, 6.45) is 3.04. The van der Waals surface area contributed by atoms with Crippen LogP contribution in [0.3, 0.4) is 0 Å². The minimum absolute atomic E-state index is 0.0258. The second-order valence-electron chi connectivity index (χ2n) is 3.41. The van der Waals surface area contributed by atoms with E-state index in [0.717, 1.165) is 18.9 Å². The summed E-state index contributed by atoms with van der Waals surface area (Å²) in [6.45, 7) is 5.93. The number of hydrogen-bond acceptors (Lipinski definition) is 2. The first-order chi connectivity index (χ1) is 7.69. The molecule has 0 saturated carbocycles. The summed E-state index contributed by atoms with van der Waals surface area (Å²) < 4.78 is 18.8. The summed E-state index contributed by atoms with van der Waals surface area (Å²) in [5.74, 6) is -0.539. The maximum atomic E-state index is 13.4. The van der Waals surface area contributed by atoms with Crippen molar-refractivity contribution in [3.05, 3.63) is 42.2 Å². The fraction of sp³-hybridized carbons (Fsp3) is 0.308. The van der Waals surface area contributed by atoms with E-state index >= 15 is 0 Å². The zero-order chi connectivity index (χ0) is 12.0. The van der Waals surface area contributed by atoms with Crippen LogP contribution in [0.15, 0.2) is 30.9 Å². The largest absolute Gasteiger partial charge is 0.493 e. The van der Waals surface area contributed by atoms with E-state index in [1.807, 2.05) is 0 Å². The summed E-state index contributed by atoms with van der Waals surface area (Å²) >= 11 is 0. The lowest BCUT2D eigenvalue weighted by atomic mass is 10.1. The van der Waals surface area contributed by atoms with Crippen LogP contribution in [-0.4, -0.2) is 12.4 Å². The highest BCUT2D eigenvalue weighted by Crippen LogP contribution is 2.17. The third kappa shape index (κ3) is 3.19. The Hall–Kier alpha value is -1.64. The summed E-state index contributed by atoms with van der Waals surface area (Å²) in [6, 6.07) is 4.24. The van der Waals surface area contributed by atoms with Crippen molar-refractivity contribution in [1.29, 1.82) is 0 Å². The molecule has 86 valence electrons. The smallest absolute Gasteiger partial charge is 0.188 e. The van der Waals surface area contributed by atoms with Crippen LogP contribution < -0.4 is 4.74 Å². The van der Waals surface area contributed by atoms with Crippen LogP contribution in [0.5, 0.6) is 5.75 Å². The van der Waals surface area contributed by atoms with E-state index in [4.69, 9.17) is 4.74 Å². The van der Waals surface area contributed by atoms with Gasteiger partial charge in [-0.2, -0.15) is 0 Å². The van der Waals surface area contributed by atoms with Gasteiger partial charge in [-0.3, -0.25) is 4.79 Å². The molecule has 0 amide bonds. The van der Waals surface area contributed by atoms with Crippen molar-refractivity contribution < 1.29 is 13.9 Å². The molecule has 0 atom stereocenters. The minimum Gasteiger partial charge on any atom is -0.493 e. The fourth-order valence-electron chi connectivity index (χ4n) is 1.23. The van der Waals surface area contributed by atoms with Gasteiger partial charge in [-0.05, 0) is 24.6 Å². The zero-order valence-electron chi connectivity index (χ0n) is 9.33. The number of ketones is 1. The Bertz CT molecular complexity index is 386. The van der Waals surface area contributed by atoms with Gasteiger partial charge in [0.2, 0.25) is 0 Å². The molecule has 0 spiro atoms. The molecule has 0 radical (unpaired) electrons. The van der Waals surface area contributed by atoms with Gasteiger partial charge in [0.1, 0.15) is 11.6 Å². The maximum absolute atomic E-state index is 13.4. The van der Waals surface area contributed by atoms with Crippen LogP contribution in [0.2, 0.25) is 0 Å². The van der Waals surface area contributed by atoms with Crippen molar-refractivity contribution >= 4 is 5.78 Å². The Balaban J connectivity index is 2.74. The van der Waals surface area contributed by atoms with Crippen molar-refractivity contribution in [3.8, 4) is 5.75 Å². The Kier molecular flexibility index (Phi) is 4.70. The molecule has 2 nitrogen and oxygen atoms in total. The molecule has 0 unspecified atom stereocenters. The topological polar surface area (TPSA) is 26.3 Å². The first-order valence-electron chi connectivity index (χ1n) is 5.28. The summed E-state index contributed by atoms with van der Waals surface area (Å²) in [5, 5.41) is 0. The molecular weight excluding hydrogens is 207 g/mol. The lowest BCUT2D eigenvalue weighted by Crippen LogP contribution is -2.01. The molecule has 16 heavy (non-hydrogen) atoms. The van der Waals surface area contributed by atoms with E-state index < -0.39 is 11.6 Å². The Labute approximate surface area is 94.7 Å². The molecule has 3 heteroatoms. The molecule has 0 saturated heterocycles. The highest BCUT2D eigenvalue weighted by atomic mass is 19.1. The Morgan fingerprint density at radius 1 is 1.56 bits per heavy atom. The number of benzene rings is 1. The van der Waals surface area contributed by atoms with Gasteiger partial charge in [0, 0.05) is 6.07 Å².